The monoisotopic (exact) mass is 293 g/mol. The first-order valence-corrected chi connectivity index (χ1v) is 11.5. The van der Waals surface area contributed by atoms with Gasteiger partial charge in [0.1, 0.15) is 13.7 Å². The van der Waals surface area contributed by atoms with E-state index in [-0.39, 0.29) is 6.04 Å². The summed E-state index contributed by atoms with van der Waals surface area (Å²) in [6.45, 7) is 9.83. The Labute approximate surface area is 126 Å². The molecule has 0 aromatic carbocycles. The SMILES string of the molecule is CC/C=C/CCC(O)(C#C[Si](C)(C)C)C1CCCCN1. The number of hydrogen-bond donors (Lipinski definition) is 2. The fourth-order valence-electron chi connectivity index (χ4n) is 2.47. The molecule has 2 unspecified atom stereocenters. The number of aliphatic hydroxyl groups is 1. The molecule has 0 radical (unpaired) electrons. The second-order valence-corrected chi connectivity index (χ2v) is 11.6. The number of allylic oxidation sites excluding steroid dienone is 2. The molecule has 0 spiro atoms. The van der Waals surface area contributed by atoms with Gasteiger partial charge in [0.25, 0.3) is 0 Å². The van der Waals surface area contributed by atoms with Crippen LogP contribution in [0.4, 0.5) is 0 Å². The van der Waals surface area contributed by atoms with E-state index in [1.165, 1.54) is 12.8 Å². The predicted molar refractivity (Wildman–Crippen MR) is 90.4 cm³/mol. The third-order valence-electron chi connectivity index (χ3n) is 3.64. The fourth-order valence-corrected chi connectivity index (χ4v) is 3.06. The summed E-state index contributed by atoms with van der Waals surface area (Å²) < 4.78 is 0. The highest BCUT2D eigenvalue weighted by atomic mass is 28.3. The van der Waals surface area contributed by atoms with Crippen LogP contribution in [0.15, 0.2) is 12.2 Å². The van der Waals surface area contributed by atoms with Crippen molar-refractivity contribution in [2.24, 2.45) is 0 Å². The first-order chi connectivity index (χ1) is 9.37. The van der Waals surface area contributed by atoms with E-state index < -0.39 is 13.7 Å². The van der Waals surface area contributed by atoms with E-state index in [0.717, 1.165) is 32.2 Å². The van der Waals surface area contributed by atoms with Gasteiger partial charge in [-0.15, -0.1) is 5.54 Å². The summed E-state index contributed by atoms with van der Waals surface area (Å²) >= 11 is 0. The van der Waals surface area contributed by atoms with E-state index in [0.29, 0.717) is 0 Å². The van der Waals surface area contributed by atoms with Gasteiger partial charge in [-0.1, -0.05) is 51.1 Å². The Kier molecular flexibility index (Phi) is 7.01. The maximum absolute atomic E-state index is 11.1. The predicted octanol–water partition coefficient (Wildman–Crippen LogP) is 3.49. The van der Waals surface area contributed by atoms with Crippen LogP contribution in [-0.4, -0.2) is 31.4 Å². The minimum Gasteiger partial charge on any atom is -0.376 e. The van der Waals surface area contributed by atoms with Crippen LogP contribution in [0.25, 0.3) is 0 Å². The molecular weight excluding hydrogens is 262 g/mol. The Balaban J connectivity index is 2.79. The quantitative estimate of drug-likeness (QED) is 0.462. The summed E-state index contributed by atoms with van der Waals surface area (Å²) in [5.41, 5.74) is 2.51. The van der Waals surface area contributed by atoms with E-state index in [2.05, 4.69) is 55.5 Å². The molecule has 0 aromatic rings. The first-order valence-electron chi connectivity index (χ1n) is 8.02. The van der Waals surface area contributed by atoms with Crippen LogP contribution in [0.5, 0.6) is 0 Å². The molecule has 2 atom stereocenters. The van der Waals surface area contributed by atoms with E-state index in [4.69, 9.17) is 0 Å². The van der Waals surface area contributed by atoms with Crippen LogP contribution in [0.2, 0.25) is 19.6 Å². The summed E-state index contributed by atoms with van der Waals surface area (Å²) in [7, 11) is -1.45. The molecule has 1 heterocycles. The van der Waals surface area contributed by atoms with Crippen molar-refractivity contribution >= 4 is 8.07 Å². The number of hydrogen-bond acceptors (Lipinski definition) is 2. The molecule has 1 rings (SSSR count). The largest absolute Gasteiger partial charge is 0.376 e. The van der Waals surface area contributed by atoms with Gasteiger partial charge in [-0.3, -0.25) is 0 Å². The Morgan fingerprint density at radius 2 is 2.05 bits per heavy atom. The van der Waals surface area contributed by atoms with Crippen LogP contribution in [0.1, 0.15) is 45.4 Å². The maximum atomic E-state index is 11.1. The van der Waals surface area contributed by atoms with E-state index >= 15 is 0 Å². The lowest BCUT2D eigenvalue weighted by Crippen LogP contribution is -2.52. The zero-order chi connectivity index (χ0) is 15.1. The lowest BCUT2D eigenvalue weighted by atomic mass is 9.85. The molecule has 3 heteroatoms. The van der Waals surface area contributed by atoms with Gasteiger partial charge in [0.15, 0.2) is 0 Å². The smallest absolute Gasteiger partial charge is 0.140 e. The zero-order valence-corrected chi connectivity index (χ0v) is 14.6. The second kappa shape index (κ2) is 8.02. The molecule has 0 aromatic heterocycles. The molecule has 1 saturated heterocycles. The molecular formula is C17H31NOSi. The van der Waals surface area contributed by atoms with Crippen LogP contribution >= 0.6 is 0 Å². The Bertz CT molecular complexity index is 369. The van der Waals surface area contributed by atoms with E-state index in [1.807, 2.05) is 0 Å². The maximum Gasteiger partial charge on any atom is 0.140 e. The van der Waals surface area contributed by atoms with Crippen molar-refractivity contribution in [3.63, 3.8) is 0 Å². The Hall–Kier alpha value is -0.563. The molecule has 114 valence electrons. The van der Waals surface area contributed by atoms with Crippen molar-refractivity contribution in [2.75, 3.05) is 6.54 Å². The van der Waals surface area contributed by atoms with Gasteiger partial charge >= 0.3 is 0 Å². The summed E-state index contributed by atoms with van der Waals surface area (Å²) in [6, 6.07) is 0.134. The molecule has 2 N–H and O–H groups in total. The van der Waals surface area contributed by atoms with Crippen LogP contribution in [-0.2, 0) is 0 Å². The standard InChI is InChI=1S/C17H31NOSi/c1-5-6-7-9-12-17(19,13-15-20(2,3)4)16-11-8-10-14-18-16/h6-7,16,18-19H,5,8-12,14H2,1-4H3/b7-6+. The number of rotatable bonds is 5. The average Bonchev–Trinajstić information content (AvgIpc) is 2.42. The molecule has 0 aliphatic carbocycles. The topological polar surface area (TPSA) is 32.3 Å². The highest BCUT2D eigenvalue weighted by Gasteiger charge is 2.35. The van der Waals surface area contributed by atoms with Gasteiger partial charge in [-0.05, 0) is 38.6 Å². The highest BCUT2D eigenvalue weighted by Crippen LogP contribution is 2.24. The third kappa shape index (κ3) is 6.26. The molecule has 0 saturated carbocycles. The fraction of sp³-hybridized carbons (Fsp3) is 0.765. The van der Waals surface area contributed by atoms with E-state index in [9.17, 15) is 5.11 Å². The summed E-state index contributed by atoms with van der Waals surface area (Å²) in [5, 5.41) is 14.5. The van der Waals surface area contributed by atoms with Crippen molar-refractivity contribution in [1.82, 2.24) is 5.32 Å². The molecule has 1 aliphatic rings. The highest BCUT2D eigenvalue weighted by molar-refractivity contribution is 6.83. The van der Waals surface area contributed by atoms with Gasteiger partial charge in [0, 0.05) is 6.04 Å². The second-order valence-electron chi connectivity index (χ2n) is 6.85. The van der Waals surface area contributed by atoms with Gasteiger partial charge in [-0.25, -0.2) is 0 Å². The number of piperidine rings is 1. The van der Waals surface area contributed by atoms with Crippen LogP contribution in [0.3, 0.4) is 0 Å². The van der Waals surface area contributed by atoms with Gasteiger partial charge in [0.05, 0.1) is 0 Å². The lowest BCUT2D eigenvalue weighted by Gasteiger charge is -2.35. The van der Waals surface area contributed by atoms with Crippen molar-refractivity contribution < 1.29 is 5.11 Å². The molecule has 0 bridgehead atoms. The molecule has 2 nitrogen and oxygen atoms in total. The molecule has 20 heavy (non-hydrogen) atoms. The third-order valence-corrected chi connectivity index (χ3v) is 4.51. The van der Waals surface area contributed by atoms with Gasteiger partial charge in [-0.2, -0.15) is 0 Å². The van der Waals surface area contributed by atoms with Crippen molar-refractivity contribution in [3.8, 4) is 11.5 Å². The zero-order valence-electron chi connectivity index (χ0n) is 13.6. The average molecular weight is 294 g/mol. The Morgan fingerprint density at radius 1 is 1.30 bits per heavy atom. The molecule has 1 fully saturated rings. The summed E-state index contributed by atoms with van der Waals surface area (Å²) in [6.07, 6.45) is 10.5. The minimum atomic E-state index is -1.45. The Morgan fingerprint density at radius 3 is 2.60 bits per heavy atom. The molecule has 0 amide bonds. The number of nitrogens with one attached hydrogen (secondary N) is 1. The summed E-state index contributed by atoms with van der Waals surface area (Å²) in [5.74, 6) is 3.25. The van der Waals surface area contributed by atoms with E-state index in [1.54, 1.807) is 0 Å². The van der Waals surface area contributed by atoms with Crippen LogP contribution in [0, 0.1) is 11.5 Å². The minimum absolute atomic E-state index is 0.134. The van der Waals surface area contributed by atoms with Crippen LogP contribution < -0.4 is 5.32 Å². The normalized spacial score (nSPS) is 23.1. The lowest BCUT2D eigenvalue weighted by molar-refractivity contribution is 0.0399. The van der Waals surface area contributed by atoms with Gasteiger partial charge < -0.3 is 10.4 Å². The van der Waals surface area contributed by atoms with Crippen molar-refractivity contribution in [2.45, 2.75) is 76.7 Å². The first kappa shape index (κ1) is 17.5. The summed E-state index contributed by atoms with van der Waals surface area (Å²) in [4.78, 5) is 0. The van der Waals surface area contributed by atoms with Crippen molar-refractivity contribution in [1.29, 1.82) is 0 Å². The van der Waals surface area contributed by atoms with Crippen molar-refractivity contribution in [3.05, 3.63) is 12.2 Å². The van der Waals surface area contributed by atoms with Gasteiger partial charge in [0.2, 0.25) is 0 Å². The molecule has 1 aliphatic heterocycles.